The first-order valence-electron chi connectivity index (χ1n) is 8.90. The number of rotatable bonds is 4. The molecule has 2 nitrogen and oxygen atoms in total. The summed E-state index contributed by atoms with van der Waals surface area (Å²) in [5.74, 6) is -0.601. The molecule has 2 atom stereocenters. The maximum absolute atomic E-state index is 13.2. The van der Waals surface area contributed by atoms with Crippen molar-refractivity contribution in [1.29, 1.82) is 0 Å². The molecule has 9 heteroatoms. The summed E-state index contributed by atoms with van der Waals surface area (Å²) in [5, 5.41) is 3.16. The Labute approximate surface area is 162 Å². The molecule has 0 aliphatic carbocycles. The Morgan fingerprint density at radius 2 is 1.48 bits per heavy atom. The monoisotopic (exact) mass is 421 g/mol. The van der Waals surface area contributed by atoms with Crippen LogP contribution in [0.4, 0.5) is 30.7 Å². The standard InChI is InChI=1S/C20H18F7NO/c21-16-3-1-13(2-4-16)17-10-28-6-5-18(17)29-11-12-7-14(19(22,23)24)9-15(8-12)20(25,26)27/h1-4,7-9,17-18,28H,5-6,10-11H2. The molecule has 2 aromatic rings. The number of piperidine rings is 1. The third-order valence-corrected chi connectivity index (χ3v) is 4.83. The average Bonchev–Trinajstić information content (AvgIpc) is 2.66. The molecular formula is C20H18F7NO. The van der Waals surface area contributed by atoms with Crippen molar-refractivity contribution in [3.63, 3.8) is 0 Å². The highest BCUT2D eigenvalue weighted by Gasteiger charge is 2.37. The summed E-state index contributed by atoms with van der Waals surface area (Å²) in [7, 11) is 0. The molecule has 0 aromatic heterocycles. The van der Waals surface area contributed by atoms with Gasteiger partial charge in [-0.15, -0.1) is 0 Å². The lowest BCUT2D eigenvalue weighted by Crippen LogP contribution is -2.39. The Morgan fingerprint density at radius 3 is 2.03 bits per heavy atom. The zero-order valence-corrected chi connectivity index (χ0v) is 15.1. The van der Waals surface area contributed by atoms with E-state index in [0.717, 1.165) is 5.56 Å². The predicted molar refractivity (Wildman–Crippen MR) is 91.7 cm³/mol. The molecule has 0 saturated carbocycles. The van der Waals surface area contributed by atoms with Gasteiger partial charge in [-0.3, -0.25) is 0 Å². The molecular weight excluding hydrogens is 403 g/mol. The molecule has 0 spiro atoms. The van der Waals surface area contributed by atoms with Gasteiger partial charge >= 0.3 is 12.4 Å². The van der Waals surface area contributed by atoms with E-state index in [9.17, 15) is 30.7 Å². The molecule has 158 valence electrons. The number of alkyl halides is 6. The van der Waals surface area contributed by atoms with E-state index >= 15 is 0 Å². The molecule has 0 amide bonds. The van der Waals surface area contributed by atoms with Gasteiger partial charge in [0.25, 0.3) is 0 Å². The minimum Gasteiger partial charge on any atom is -0.373 e. The maximum Gasteiger partial charge on any atom is 0.416 e. The molecule has 1 N–H and O–H groups in total. The smallest absolute Gasteiger partial charge is 0.373 e. The van der Waals surface area contributed by atoms with Crippen molar-refractivity contribution in [3.05, 3.63) is 70.5 Å². The van der Waals surface area contributed by atoms with Crippen molar-refractivity contribution in [2.75, 3.05) is 13.1 Å². The third-order valence-electron chi connectivity index (χ3n) is 4.83. The van der Waals surface area contributed by atoms with Gasteiger partial charge in [0.1, 0.15) is 5.82 Å². The SMILES string of the molecule is Fc1ccc(C2CNCCC2OCc2cc(C(F)(F)F)cc(C(F)(F)F)c2)cc1. The van der Waals surface area contributed by atoms with Gasteiger partial charge in [-0.2, -0.15) is 26.3 Å². The van der Waals surface area contributed by atoms with Crippen LogP contribution in [0.1, 0.15) is 34.6 Å². The highest BCUT2D eigenvalue weighted by atomic mass is 19.4. The molecule has 1 fully saturated rings. The van der Waals surface area contributed by atoms with E-state index in [1.165, 1.54) is 12.1 Å². The normalized spacial score (nSPS) is 20.7. The Hall–Kier alpha value is -2.13. The van der Waals surface area contributed by atoms with Gasteiger partial charge in [-0.25, -0.2) is 4.39 Å². The Morgan fingerprint density at radius 1 is 0.897 bits per heavy atom. The number of benzene rings is 2. The van der Waals surface area contributed by atoms with E-state index < -0.39 is 42.0 Å². The predicted octanol–water partition coefficient (Wildman–Crippen LogP) is 5.53. The second-order valence-corrected chi connectivity index (χ2v) is 6.91. The first kappa shape index (κ1) is 21.6. The molecule has 0 radical (unpaired) electrons. The highest BCUT2D eigenvalue weighted by Crippen LogP contribution is 2.37. The summed E-state index contributed by atoms with van der Waals surface area (Å²) < 4.78 is 96.9. The van der Waals surface area contributed by atoms with Crippen molar-refractivity contribution in [2.24, 2.45) is 0 Å². The molecule has 3 rings (SSSR count). The number of halogens is 7. The van der Waals surface area contributed by atoms with Crippen molar-refractivity contribution in [1.82, 2.24) is 5.32 Å². The Kier molecular flexibility index (Phi) is 6.19. The minimum atomic E-state index is -4.90. The summed E-state index contributed by atoms with van der Waals surface area (Å²) >= 11 is 0. The molecule has 29 heavy (non-hydrogen) atoms. The van der Waals surface area contributed by atoms with Crippen molar-refractivity contribution < 1.29 is 35.5 Å². The van der Waals surface area contributed by atoms with E-state index in [2.05, 4.69) is 5.32 Å². The van der Waals surface area contributed by atoms with Gasteiger partial charge in [0.15, 0.2) is 0 Å². The lowest BCUT2D eigenvalue weighted by molar-refractivity contribution is -0.143. The zero-order valence-electron chi connectivity index (χ0n) is 15.1. The zero-order chi connectivity index (χ0) is 21.2. The van der Waals surface area contributed by atoms with Gasteiger partial charge in [0.05, 0.1) is 23.8 Å². The molecule has 1 aliphatic heterocycles. The summed E-state index contributed by atoms with van der Waals surface area (Å²) in [6, 6.07) is 7.21. The average molecular weight is 421 g/mol. The number of hydrogen-bond acceptors (Lipinski definition) is 2. The van der Waals surface area contributed by atoms with Crippen LogP contribution >= 0.6 is 0 Å². The Balaban J connectivity index is 1.80. The summed E-state index contributed by atoms with van der Waals surface area (Å²) in [5.41, 5.74) is -2.16. The van der Waals surface area contributed by atoms with Crippen LogP contribution in [0, 0.1) is 5.82 Å². The quantitative estimate of drug-likeness (QED) is 0.656. The number of nitrogens with one attached hydrogen (secondary N) is 1. The van der Waals surface area contributed by atoms with Crippen molar-refractivity contribution in [3.8, 4) is 0 Å². The fraction of sp³-hybridized carbons (Fsp3) is 0.400. The molecule has 0 bridgehead atoms. The van der Waals surface area contributed by atoms with Crippen LogP contribution < -0.4 is 5.32 Å². The topological polar surface area (TPSA) is 21.3 Å². The molecule has 1 heterocycles. The number of ether oxygens (including phenoxy) is 1. The van der Waals surface area contributed by atoms with E-state index in [1.54, 1.807) is 12.1 Å². The molecule has 2 unspecified atom stereocenters. The summed E-state index contributed by atoms with van der Waals surface area (Å²) in [6.07, 6.45) is -9.71. The molecule has 1 aliphatic rings. The lowest BCUT2D eigenvalue weighted by atomic mass is 9.89. The first-order chi connectivity index (χ1) is 13.5. The molecule has 2 aromatic carbocycles. The van der Waals surface area contributed by atoms with Crippen molar-refractivity contribution >= 4 is 0 Å². The Bertz CT molecular complexity index is 798. The second kappa shape index (κ2) is 8.31. The third kappa shape index (κ3) is 5.48. The molecule has 1 saturated heterocycles. The van der Waals surface area contributed by atoms with Gasteiger partial charge < -0.3 is 10.1 Å². The fourth-order valence-corrected chi connectivity index (χ4v) is 3.38. The lowest BCUT2D eigenvalue weighted by Gasteiger charge is -2.32. The van der Waals surface area contributed by atoms with Crippen LogP contribution in [0.5, 0.6) is 0 Å². The first-order valence-corrected chi connectivity index (χ1v) is 8.90. The van der Waals surface area contributed by atoms with Crippen molar-refractivity contribution in [2.45, 2.75) is 37.4 Å². The van der Waals surface area contributed by atoms with Crippen LogP contribution in [0.3, 0.4) is 0 Å². The van der Waals surface area contributed by atoms with E-state index in [-0.39, 0.29) is 17.5 Å². The van der Waals surface area contributed by atoms with Crippen LogP contribution in [-0.4, -0.2) is 19.2 Å². The maximum atomic E-state index is 13.2. The highest BCUT2D eigenvalue weighted by molar-refractivity contribution is 5.33. The largest absolute Gasteiger partial charge is 0.416 e. The summed E-state index contributed by atoms with van der Waals surface area (Å²) in [4.78, 5) is 0. The fourth-order valence-electron chi connectivity index (χ4n) is 3.38. The second-order valence-electron chi connectivity index (χ2n) is 6.91. The van der Waals surface area contributed by atoms with Crippen LogP contribution in [-0.2, 0) is 23.7 Å². The van der Waals surface area contributed by atoms with E-state index in [1.807, 2.05) is 0 Å². The van der Waals surface area contributed by atoms with Gasteiger partial charge in [-0.05, 0) is 54.4 Å². The van der Waals surface area contributed by atoms with Crippen LogP contribution in [0.2, 0.25) is 0 Å². The van der Waals surface area contributed by atoms with Gasteiger partial charge in [0.2, 0.25) is 0 Å². The number of hydrogen-bond donors (Lipinski definition) is 1. The van der Waals surface area contributed by atoms with E-state index in [0.29, 0.717) is 31.6 Å². The van der Waals surface area contributed by atoms with Gasteiger partial charge in [0, 0.05) is 12.5 Å². The van der Waals surface area contributed by atoms with Gasteiger partial charge in [-0.1, -0.05) is 12.1 Å². The van der Waals surface area contributed by atoms with Crippen LogP contribution in [0.25, 0.3) is 0 Å². The van der Waals surface area contributed by atoms with Crippen LogP contribution in [0.15, 0.2) is 42.5 Å². The summed E-state index contributed by atoms with van der Waals surface area (Å²) in [6.45, 7) is 0.709. The van der Waals surface area contributed by atoms with E-state index in [4.69, 9.17) is 4.74 Å². The minimum absolute atomic E-state index is 0.0926.